The third-order valence-corrected chi connectivity index (χ3v) is 7.03. The van der Waals surface area contributed by atoms with Crippen molar-refractivity contribution in [1.82, 2.24) is 0 Å². The van der Waals surface area contributed by atoms with Crippen molar-refractivity contribution in [2.75, 3.05) is 0 Å². The molecule has 0 radical (unpaired) electrons. The number of nitrogens with zero attached hydrogens (tertiary/aromatic N) is 1. The molecule has 0 saturated heterocycles. The van der Waals surface area contributed by atoms with Gasteiger partial charge in [0.05, 0.1) is 11.3 Å². The molecule has 2 aromatic carbocycles. The Balaban J connectivity index is 1.73. The van der Waals surface area contributed by atoms with E-state index in [4.69, 9.17) is 4.84 Å². The maximum absolute atomic E-state index is 14.1. The molecule has 2 aliphatic rings. The number of halogens is 8. The molecule has 2 nitrogen and oxygen atoms in total. The van der Waals surface area contributed by atoms with Crippen LogP contribution in [0.15, 0.2) is 47.6 Å². The average molecular weight is 557 g/mol. The Morgan fingerprint density at radius 2 is 1.70 bits per heavy atom. The number of rotatable bonds is 2. The zero-order valence-electron chi connectivity index (χ0n) is 15.0. The van der Waals surface area contributed by atoms with Crippen LogP contribution < -0.4 is 0 Å². The van der Waals surface area contributed by atoms with Crippen LogP contribution in [0.3, 0.4) is 0 Å². The standard InChI is InChI=1S/C20H13Br2F6NO/c21-18(22)7-6-11-4-5-12(8-15(11)18)16-10-17(30-29-16,20(26,27)28)13-2-1-3-14(9-13)19(23,24)25/h1-5,8-9H,6-7,10H2. The summed E-state index contributed by atoms with van der Waals surface area (Å²) in [5.41, 5.74) is -2.42. The maximum atomic E-state index is 14.1. The molecular weight excluding hydrogens is 544 g/mol. The second-order valence-electron chi connectivity index (χ2n) is 7.29. The van der Waals surface area contributed by atoms with E-state index < -0.39 is 38.7 Å². The molecule has 0 spiro atoms. The maximum Gasteiger partial charge on any atom is 0.435 e. The Morgan fingerprint density at radius 3 is 2.37 bits per heavy atom. The summed E-state index contributed by atoms with van der Waals surface area (Å²) in [7, 11) is 0. The van der Waals surface area contributed by atoms with E-state index in [1.807, 2.05) is 6.07 Å². The van der Waals surface area contributed by atoms with Gasteiger partial charge in [0.25, 0.3) is 5.60 Å². The lowest BCUT2D eigenvalue weighted by atomic mass is 9.85. The van der Waals surface area contributed by atoms with Gasteiger partial charge in [-0.25, -0.2) is 0 Å². The molecular formula is C20H13Br2F6NO. The molecule has 0 amide bonds. The van der Waals surface area contributed by atoms with Gasteiger partial charge >= 0.3 is 12.4 Å². The average Bonchev–Trinajstić information content (AvgIpc) is 3.24. The molecule has 30 heavy (non-hydrogen) atoms. The highest BCUT2D eigenvalue weighted by Gasteiger charge is 2.62. The van der Waals surface area contributed by atoms with Crippen molar-refractivity contribution < 1.29 is 31.2 Å². The number of hydrogen-bond acceptors (Lipinski definition) is 2. The van der Waals surface area contributed by atoms with Gasteiger partial charge in [-0.15, -0.1) is 0 Å². The van der Waals surface area contributed by atoms with Gasteiger partial charge in [0.15, 0.2) is 0 Å². The predicted octanol–water partition coefficient (Wildman–Crippen LogP) is 7.18. The highest BCUT2D eigenvalue weighted by atomic mass is 79.9. The molecule has 10 heteroatoms. The van der Waals surface area contributed by atoms with Gasteiger partial charge in [-0.3, -0.25) is 0 Å². The van der Waals surface area contributed by atoms with Crippen LogP contribution in [-0.4, -0.2) is 11.9 Å². The lowest BCUT2D eigenvalue weighted by Gasteiger charge is -2.30. The largest absolute Gasteiger partial charge is 0.435 e. The first-order valence-corrected chi connectivity index (χ1v) is 10.4. The summed E-state index contributed by atoms with van der Waals surface area (Å²) in [6.07, 6.45) is -8.92. The Morgan fingerprint density at radius 1 is 0.967 bits per heavy atom. The molecule has 1 aliphatic heterocycles. The van der Waals surface area contributed by atoms with E-state index >= 15 is 0 Å². The van der Waals surface area contributed by atoms with E-state index in [0.717, 1.165) is 42.2 Å². The summed E-state index contributed by atoms with van der Waals surface area (Å²) >= 11 is 7.12. The second kappa shape index (κ2) is 6.98. The Bertz CT molecular complexity index is 1030. The van der Waals surface area contributed by atoms with Crippen molar-refractivity contribution in [3.05, 3.63) is 70.3 Å². The van der Waals surface area contributed by atoms with Gasteiger partial charge in [0, 0.05) is 12.0 Å². The van der Waals surface area contributed by atoms with E-state index in [9.17, 15) is 26.3 Å². The lowest BCUT2D eigenvalue weighted by molar-refractivity contribution is -0.276. The minimum atomic E-state index is -4.98. The first kappa shape index (κ1) is 21.7. The van der Waals surface area contributed by atoms with Crippen LogP contribution in [0.25, 0.3) is 0 Å². The summed E-state index contributed by atoms with van der Waals surface area (Å²) in [5, 5.41) is 3.65. The van der Waals surface area contributed by atoms with Crippen molar-refractivity contribution in [3.8, 4) is 0 Å². The summed E-state index contributed by atoms with van der Waals surface area (Å²) in [6, 6.07) is 8.30. The molecule has 0 fully saturated rings. The SMILES string of the molecule is FC(F)(F)c1cccc(C2(C(F)(F)F)CC(c3ccc4c(c3)C(Br)(Br)CC4)=NO2)c1. The molecule has 1 unspecified atom stereocenters. The van der Waals surface area contributed by atoms with Crippen LogP contribution in [0.4, 0.5) is 26.3 Å². The summed E-state index contributed by atoms with van der Waals surface area (Å²) in [4.78, 5) is 4.87. The summed E-state index contributed by atoms with van der Waals surface area (Å²) < 4.78 is 80.9. The summed E-state index contributed by atoms with van der Waals surface area (Å²) in [6.45, 7) is 0. The second-order valence-corrected chi connectivity index (χ2v) is 11.1. The number of hydrogen-bond donors (Lipinski definition) is 0. The van der Waals surface area contributed by atoms with Crippen LogP contribution in [-0.2, 0) is 26.3 Å². The number of oxime groups is 1. The third kappa shape index (κ3) is 3.55. The molecule has 1 heterocycles. The van der Waals surface area contributed by atoms with Crippen LogP contribution in [0.5, 0.6) is 0 Å². The van der Waals surface area contributed by atoms with E-state index in [-0.39, 0.29) is 5.71 Å². The molecule has 1 atom stereocenters. The smallest absolute Gasteiger partial charge is 0.374 e. The lowest BCUT2D eigenvalue weighted by Crippen LogP contribution is -2.42. The number of fused-ring (bicyclic) bond motifs is 1. The molecule has 1 aliphatic carbocycles. The predicted molar refractivity (Wildman–Crippen MR) is 106 cm³/mol. The van der Waals surface area contributed by atoms with Gasteiger partial charge in [-0.2, -0.15) is 26.3 Å². The molecule has 4 rings (SSSR count). The summed E-state index contributed by atoms with van der Waals surface area (Å²) in [5.74, 6) is 0. The topological polar surface area (TPSA) is 21.6 Å². The van der Waals surface area contributed by atoms with E-state index in [1.54, 1.807) is 12.1 Å². The van der Waals surface area contributed by atoms with Crippen LogP contribution in [0.1, 0.15) is 40.7 Å². The van der Waals surface area contributed by atoms with E-state index in [2.05, 4.69) is 37.0 Å². The van der Waals surface area contributed by atoms with Gasteiger partial charge in [0.2, 0.25) is 0 Å². The number of aryl methyl sites for hydroxylation is 1. The van der Waals surface area contributed by atoms with Gasteiger partial charge in [-0.05, 0) is 47.7 Å². The van der Waals surface area contributed by atoms with Crippen molar-refractivity contribution in [1.29, 1.82) is 0 Å². The van der Waals surface area contributed by atoms with Crippen LogP contribution in [0, 0.1) is 0 Å². The van der Waals surface area contributed by atoms with Crippen LogP contribution >= 0.6 is 31.9 Å². The van der Waals surface area contributed by atoms with Crippen molar-refractivity contribution in [3.63, 3.8) is 0 Å². The van der Waals surface area contributed by atoms with E-state index in [1.165, 1.54) is 0 Å². The van der Waals surface area contributed by atoms with Crippen molar-refractivity contribution in [2.45, 2.75) is 40.4 Å². The van der Waals surface area contributed by atoms with E-state index in [0.29, 0.717) is 11.6 Å². The first-order chi connectivity index (χ1) is 13.8. The Hall–Kier alpha value is -1.55. The first-order valence-electron chi connectivity index (χ1n) is 8.85. The fourth-order valence-corrected chi connectivity index (χ4v) is 4.88. The fourth-order valence-electron chi connectivity index (χ4n) is 3.75. The third-order valence-electron chi connectivity index (χ3n) is 5.39. The Labute approximate surface area is 184 Å². The van der Waals surface area contributed by atoms with Gasteiger partial charge in [0.1, 0.15) is 3.23 Å². The van der Waals surface area contributed by atoms with Crippen LogP contribution in [0.2, 0.25) is 0 Å². The number of benzene rings is 2. The van der Waals surface area contributed by atoms with Crippen molar-refractivity contribution >= 4 is 37.6 Å². The fraction of sp³-hybridized carbons (Fsp3) is 0.350. The molecule has 0 N–H and O–H groups in total. The van der Waals surface area contributed by atoms with Gasteiger partial charge in [-0.1, -0.05) is 61.3 Å². The molecule has 0 aromatic heterocycles. The zero-order chi connectivity index (χ0) is 21.9. The Kier molecular flexibility index (Phi) is 5.04. The zero-order valence-corrected chi connectivity index (χ0v) is 18.2. The monoisotopic (exact) mass is 555 g/mol. The molecule has 160 valence electrons. The number of alkyl halides is 8. The normalized spacial score (nSPS) is 23.1. The molecule has 0 bridgehead atoms. The van der Waals surface area contributed by atoms with Crippen molar-refractivity contribution in [2.24, 2.45) is 5.16 Å². The van der Waals surface area contributed by atoms with Gasteiger partial charge < -0.3 is 4.84 Å². The minimum absolute atomic E-state index is 0.0234. The molecule has 0 saturated carbocycles. The highest BCUT2D eigenvalue weighted by molar-refractivity contribution is 9.24. The molecule has 2 aromatic rings. The minimum Gasteiger partial charge on any atom is -0.374 e. The highest BCUT2D eigenvalue weighted by Crippen LogP contribution is 2.51. The quantitative estimate of drug-likeness (QED) is 0.284.